The molecule has 22 heteroatoms. The molecule has 386 valence electrons. The molecule has 3 rings (SSSR count). The van der Waals surface area contributed by atoms with Crippen LogP contribution >= 0.6 is 0 Å². The van der Waals surface area contributed by atoms with Gasteiger partial charge in [0.05, 0.1) is 56.1 Å². The quantitative estimate of drug-likeness (QED) is 0.0816. The van der Waals surface area contributed by atoms with Gasteiger partial charge in [0.2, 0.25) is 12.2 Å². The molecule has 0 aromatic heterocycles. The van der Waals surface area contributed by atoms with Crippen molar-refractivity contribution in [1.82, 2.24) is 31.5 Å². The molecule has 0 bridgehead atoms. The minimum absolute atomic E-state index is 0.0583. The van der Waals surface area contributed by atoms with Crippen LogP contribution in [0.5, 0.6) is 0 Å². The van der Waals surface area contributed by atoms with E-state index in [1.807, 2.05) is 0 Å². The first-order valence-electron chi connectivity index (χ1n) is 23.0. The van der Waals surface area contributed by atoms with E-state index in [1.165, 1.54) is 11.9 Å². The van der Waals surface area contributed by atoms with Crippen LogP contribution in [0, 0.1) is 5.92 Å². The third-order valence-electron chi connectivity index (χ3n) is 10.3. The number of alkyl carbamates (subject to hydrolysis) is 3. The van der Waals surface area contributed by atoms with Crippen molar-refractivity contribution in [2.24, 2.45) is 5.92 Å². The van der Waals surface area contributed by atoms with E-state index in [2.05, 4.69) is 26.6 Å². The predicted octanol–water partition coefficient (Wildman–Crippen LogP) is 2.90. The second kappa shape index (κ2) is 24.4. The van der Waals surface area contributed by atoms with Crippen molar-refractivity contribution >= 4 is 30.3 Å². The highest BCUT2D eigenvalue weighted by Crippen LogP contribution is 2.33. The maximum atomic E-state index is 13.8. The lowest BCUT2D eigenvalue weighted by atomic mass is 9.85. The third kappa shape index (κ3) is 20.1. The largest absolute Gasteiger partial charge is 0.466 e. The molecule has 1 saturated carbocycles. The summed E-state index contributed by atoms with van der Waals surface area (Å²) in [6.07, 6.45) is -9.01. The zero-order chi connectivity index (χ0) is 50.7. The second-order valence-corrected chi connectivity index (χ2v) is 21.2. The van der Waals surface area contributed by atoms with Crippen LogP contribution < -0.4 is 26.6 Å². The molecule has 8 N–H and O–H groups in total. The number of amides is 5. The number of hydrogen-bond acceptors (Lipinski definition) is 17. The predicted molar refractivity (Wildman–Crippen MR) is 242 cm³/mol. The van der Waals surface area contributed by atoms with Crippen LogP contribution in [-0.2, 0) is 42.7 Å². The minimum atomic E-state index is -1.62. The average molecular weight is 961 g/mol. The van der Waals surface area contributed by atoms with Gasteiger partial charge in [0.15, 0.2) is 6.29 Å². The van der Waals surface area contributed by atoms with E-state index in [4.69, 9.17) is 37.9 Å². The molecule has 11 atom stereocenters. The normalized spacial score (nSPS) is 27.5. The molecule has 2 aliphatic heterocycles. The number of aliphatic hydroxyl groups excluding tert-OH is 3. The van der Waals surface area contributed by atoms with Crippen molar-refractivity contribution in [3.05, 3.63) is 11.8 Å². The maximum Gasteiger partial charge on any atom is 0.410 e. The Morgan fingerprint density at radius 3 is 1.82 bits per heavy atom. The number of likely N-dealkylation sites (N-methyl/N-ethyl adjacent to an activating group) is 1. The summed E-state index contributed by atoms with van der Waals surface area (Å²) in [5, 5.41) is 46.4. The maximum absolute atomic E-state index is 13.8. The highest BCUT2D eigenvalue weighted by molar-refractivity contribution is 5.81. The summed E-state index contributed by atoms with van der Waals surface area (Å²) in [4.78, 5) is 67.1. The van der Waals surface area contributed by atoms with Gasteiger partial charge in [-0.3, -0.25) is 4.79 Å². The number of ether oxygens (including phenoxy) is 8. The van der Waals surface area contributed by atoms with Crippen molar-refractivity contribution in [3.63, 3.8) is 0 Å². The third-order valence-corrected chi connectivity index (χ3v) is 10.3. The standard InChI is InChI=1S/C45H80N6O16/c1-25-24-60-37(34(54)33(25)51(14)41(59)67-45(11,12)13)63-31-22-32(62-36-27(49-39(57)65-43(5,6)7)16-15-26(61-36)23-46-19-20-52)29(50-40(58)66-44(8,9)10)21-28(31)48-35(55)30(53)17-18-47-38(56)64-42(2,3)4/h15,25,27-34,36-37,46,52-54H,16-24H2,1-14H3,(H,47,56)(H,48,55)(H,49,57)(H,50,58)/t25-,27+,28-,29+,30+,31-,32+,33+,34-,36+,37-/m1/s1. The zero-order valence-electron chi connectivity index (χ0n) is 41.9. The molecular weight excluding hydrogens is 881 g/mol. The van der Waals surface area contributed by atoms with Crippen LogP contribution in [0.3, 0.4) is 0 Å². The lowest BCUT2D eigenvalue weighted by Gasteiger charge is -2.47. The first-order valence-corrected chi connectivity index (χ1v) is 23.0. The van der Waals surface area contributed by atoms with Gasteiger partial charge < -0.3 is 84.7 Å². The molecule has 2 heterocycles. The fourth-order valence-corrected chi connectivity index (χ4v) is 7.47. The van der Waals surface area contributed by atoms with Gasteiger partial charge in [-0.05, 0) is 108 Å². The molecule has 0 aromatic rings. The summed E-state index contributed by atoms with van der Waals surface area (Å²) in [7, 11) is 1.51. The topological polar surface area (TPSA) is 283 Å². The molecule has 0 unspecified atom stereocenters. The van der Waals surface area contributed by atoms with Gasteiger partial charge in [-0.2, -0.15) is 0 Å². The molecule has 0 radical (unpaired) electrons. The smallest absolute Gasteiger partial charge is 0.410 e. The van der Waals surface area contributed by atoms with Crippen molar-refractivity contribution in [3.8, 4) is 0 Å². The van der Waals surface area contributed by atoms with Gasteiger partial charge in [-0.1, -0.05) is 6.92 Å². The number of nitrogens with one attached hydrogen (secondary N) is 5. The highest BCUT2D eigenvalue weighted by atomic mass is 16.7. The van der Waals surface area contributed by atoms with Crippen molar-refractivity contribution in [2.45, 2.75) is 199 Å². The van der Waals surface area contributed by atoms with E-state index in [0.717, 1.165) is 0 Å². The Bertz CT molecular complexity index is 1670. The molecule has 0 spiro atoms. The summed E-state index contributed by atoms with van der Waals surface area (Å²) in [5.74, 6) is -0.748. The summed E-state index contributed by atoms with van der Waals surface area (Å²) in [6.45, 7) is 22.6. The van der Waals surface area contributed by atoms with Crippen molar-refractivity contribution < 1.29 is 77.2 Å². The van der Waals surface area contributed by atoms with Gasteiger partial charge in [0, 0.05) is 32.5 Å². The van der Waals surface area contributed by atoms with Gasteiger partial charge >= 0.3 is 24.4 Å². The van der Waals surface area contributed by atoms with Crippen LogP contribution in [0.4, 0.5) is 19.2 Å². The number of hydrogen-bond donors (Lipinski definition) is 8. The first-order chi connectivity index (χ1) is 30.8. The molecule has 0 aromatic carbocycles. The fourth-order valence-electron chi connectivity index (χ4n) is 7.47. The Kier molecular flexibility index (Phi) is 20.8. The Hall–Kier alpha value is -4.19. The van der Waals surface area contributed by atoms with Crippen molar-refractivity contribution in [1.29, 1.82) is 0 Å². The Labute approximate surface area is 395 Å². The van der Waals surface area contributed by atoms with Crippen LogP contribution in [0.25, 0.3) is 0 Å². The van der Waals surface area contributed by atoms with E-state index in [1.54, 1.807) is 96.1 Å². The first kappa shape index (κ1) is 57.1. The van der Waals surface area contributed by atoms with E-state index >= 15 is 0 Å². The lowest BCUT2D eigenvalue weighted by molar-refractivity contribution is -0.273. The number of carbonyl (C=O) groups excluding carboxylic acids is 5. The summed E-state index contributed by atoms with van der Waals surface area (Å²) < 4.78 is 47.7. The Morgan fingerprint density at radius 2 is 1.27 bits per heavy atom. The molecule has 3 aliphatic rings. The van der Waals surface area contributed by atoms with Crippen LogP contribution in [0.15, 0.2) is 11.8 Å². The summed E-state index contributed by atoms with van der Waals surface area (Å²) in [5.41, 5.74) is -3.32. The second-order valence-electron chi connectivity index (χ2n) is 21.2. The summed E-state index contributed by atoms with van der Waals surface area (Å²) >= 11 is 0. The van der Waals surface area contributed by atoms with E-state index < -0.39 is 114 Å². The molecule has 67 heavy (non-hydrogen) atoms. The Balaban J connectivity index is 2.03. The zero-order valence-corrected chi connectivity index (χ0v) is 41.9. The Morgan fingerprint density at radius 1 is 0.746 bits per heavy atom. The van der Waals surface area contributed by atoms with Crippen LogP contribution in [-0.4, -0.2) is 174 Å². The number of nitrogens with zero attached hydrogens (tertiary/aromatic N) is 1. The highest BCUT2D eigenvalue weighted by Gasteiger charge is 2.49. The number of carbonyl (C=O) groups is 5. The van der Waals surface area contributed by atoms with Gasteiger partial charge in [-0.25, -0.2) is 19.2 Å². The van der Waals surface area contributed by atoms with E-state index in [0.29, 0.717) is 5.76 Å². The van der Waals surface area contributed by atoms with Crippen LogP contribution in [0.2, 0.25) is 0 Å². The molecule has 1 aliphatic carbocycles. The minimum Gasteiger partial charge on any atom is -0.466 e. The SMILES string of the molecule is C[C@@H]1CO[C@H](O[C@@H]2C[C@H](O[C@@H]3OC(CNCCO)=CC[C@@H]3NC(=O)OC(C)(C)C)[C@@H](NC(=O)OC(C)(C)C)C[C@H]2NC(=O)[C@@H](O)CCNC(=O)OC(C)(C)C)[C@H](O)[C@H]1N(C)C(=O)OC(C)(C)C. The summed E-state index contributed by atoms with van der Waals surface area (Å²) in [6, 6.07) is -3.59. The fraction of sp³-hybridized carbons (Fsp3) is 0.844. The lowest BCUT2D eigenvalue weighted by Crippen LogP contribution is -2.64. The van der Waals surface area contributed by atoms with Gasteiger partial charge in [0.1, 0.15) is 40.4 Å². The monoisotopic (exact) mass is 961 g/mol. The molecular formula is C45H80N6O16. The molecule has 2 fully saturated rings. The van der Waals surface area contributed by atoms with Crippen LogP contribution in [0.1, 0.15) is 116 Å². The van der Waals surface area contributed by atoms with Crippen molar-refractivity contribution in [2.75, 3.05) is 39.9 Å². The number of aliphatic hydroxyl groups is 3. The van der Waals surface area contributed by atoms with Gasteiger partial charge in [-0.15, -0.1) is 0 Å². The van der Waals surface area contributed by atoms with E-state index in [9.17, 15) is 39.3 Å². The molecule has 1 saturated heterocycles. The van der Waals surface area contributed by atoms with E-state index in [-0.39, 0.29) is 64.4 Å². The van der Waals surface area contributed by atoms with Gasteiger partial charge in [0.25, 0.3) is 0 Å². The number of rotatable bonds is 16. The molecule has 22 nitrogen and oxygen atoms in total. The average Bonchev–Trinajstić information content (AvgIpc) is 3.15. The molecule has 5 amide bonds.